The van der Waals surface area contributed by atoms with Gasteiger partial charge in [-0.15, -0.1) is 0 Å². The van der Waals surface area contributed by atoms with Crippen LogP contribution in [0.4, 0.5) is 4.39 Å². The Bertz CT molecular complexity index is 471. The van der Waals surface area contributed by atoms with Crippen molar-refractivity contribution in [3.8, 4) is 6.07 Å². The molecule has 0 saturated heterocycles. The number of nitrogens with one attached hydrogen (secondary N) is 1. The Hall–Kier alpha value is -1.89. The molecule has 4 heteroatoms. The number of benzene rings is 1. The third-order valence-corrected chi connectivity index (χ3v) is 3.12. The van der Waals surface area contributed by atoms with Crippen molar-refractivity contribution in [1.29, 1.82) is 5.26 Å². The van der Waals surface area contributed by atoms with Crippen LogP contribution in [0.2, 0.25) is 0 Å². The average molecular weight is 232 g/mol. The molecule has 0 unspecified atom stereocenters. The predicted octanol–water partition coefficient (Wildman–Crippen LogP) is 2.31. The summed E-state index contributed by atoms with van der Waals surface area (Å²) >= 11 is 0. The monoisotopic (exact) mass is 232 g/mol. The Labute approximate surface area is 99.2 Å². The maximum atomic E-state index is 12.7. The zero-order chi connectivity index (χ0) is 12.5. The van der Waals surface area contributed by atoms with Gasteiger partial charge in [0, 0.05) is 0 Å². The molecule has 1 fully saturated rings. The zero-order valence-electron chi connectivity index (χ0n) is 9.53. The molecule has 0 bridgehead atoms. The Morgan fingerprint density at radius 1 is 1.47 bits per heavy atom. The summed E-state index contributed by atoms with van der Waals surface area (Å²) in [4.78, 5) is 11.8. The molecule has 0 heterocycles. The van der Waals surface area contributed by atoms with Gasteiger partial charge in [0.05, 0.1) is 12.1 Å². The van der Waals surface area contributed by atoms with Gasteiger partial charge in [-0.3, -0.25) is 4.79 Å². The minimum atomic E-state index is -0.811. The molecule has 1 aromatic carbocycles. The van der Waals surface area contributed by atoms with Gasteiger partial charge in [-0.25, -0.2) is 4.39 Å². The van der Waals surface area contributed by atoms with Gasteiger partial charge in [0.15, 0.2) is 0 Å². The van der Waals surface area contributed by atoms with E-state index in [0.717, 1.165) is 5.56 Å². The molecule has 1 aromatic rings. The molecule has 0 aliphatic heterocycles. The van der Waals surface area contributed by atoms with Crippen LogP contribution < -0.4 is 5.32 Å². The number of halogens is 1. The smallest absolute Gasteiger partial charge is 0.240 e. The van der Waals surface area contributed by atoms with Crippen molar-refractivity contribution >= 4 is 5.91 Å². The van der Waals surface area contributed by atoms with E-state index >= 15 is 0 Å². The largest absolute Gasteiger partial charge is 0.348 e. The summed E-state index contributed by atoms with van der Waals surface area (Å²) in [7, 11) is 0. The van der Waals surface area contributed by atoms with Crippen molar-refractivity contribution < 1.29 is 9.18 Å². The minimum Gasteiger partial charge on any atom is -0.348 e. The van der Waals surface area contributed by atoms with E-state index in [2.05, 4.69) is 5.32 Å². The second-order valence-electron chi connectivity index (χ2n) is 4.44. The Morgan fingerprint density at radius 2 is 2.06 bits per heavy atom. The SMILES string of the molecule is C[C@@H](NC(=O)C1(C#N)CC1)c1ccc(F)cc1. The van der Waals surface area contributed by atoms with Gasteiger partial charge in [-0.2, -0.15) is 5.26 Å². The third-order valence-electron chi connectivity index (χ3n) is 3.12. The van der Waals surface area contributed by atoms with Crippen LogP contribution >= 0.6 is 0 Å². The van der Waals surface area contributed by atoms with Gasteiger partial charge in [0.1, 0.15) is 11.2 Å². The fourth-order valence-corrected chi connectivity index (χ4v) is 1.68. The van der Waals surface area contributed by atoms with Crippen LogP contribution in [-0.4, -0.2) is 5.91 Å². The summed E-state index contributed by atoms with van der Waals surface area (Å²) in [5, 5.41) is 11.7. The van der Waals surface area contributed by atoms with E-state index in [-0.39, 0.29) is 17.8 Å². The Kier molecular flexibility index (Phi) is 2.84. The quantitative estimate of drug-likeness (QED) is 0.869. The van der Waals surface area contributed by atoms with Crippen LogP contribution in [0.1, 0.15) is 31.4 Å². The van der Waals surface area contributed by atoms with Crippen molar-refractivity contribution in [3.63, 3.8) is 0 Å². The summed E-state index contributed by atoms with van der Waals surface area (Å²) in [6.07, 6.45) is 1.26. The lowest BCUT2D eigenvalue weighted by molar-refractivity contribution is -0.125. The molecule has 0 radical (unpaired) electrons. The molecular weight excluding hydrogens is 219 g/mol. The maximum Gasteiger partial charge on any atom is 0.240 e. The van der Waals surface area contributed by atoms with E-state index in [1.165, 1.54) is 12.1 Å². The molecule has 2 rings (SSSR count). The Balaban J connectivity index is 2.02. The van der Waals surface area contributed by atoms with Crippen LogP contribution in [0, 0.1) is 22.6 Å². The average Bonchev–Trinajstić information content (AvgIpc) is 3.10. The molecule has 17 heavy (non-hydrogen) atoms. The zero-order valence-corrected chi connectivity index (χ0v) is 9.53. The van der Waals surface area contributed by atoms with E-state index in [4.69, 9.17) is 5.26 Å². The number of hydrogen-bond donors (Lipinski definition) is 1. The fraction of sp³-hybridized carbons (Fsp3) is 0.385. The van der Waals surface area contributed by atoms with E-state index in [1.807, 2.05) is 13.0 Å². The highest BCUT2D eigenvalue weighted by Crippen LogP contribution is 2.45. The lowest BCUT2D eigenvalue weighted by Crippen LogP contribution is -2.33. The fourth-order valence-electron chi connectivity index (χ4n) is 1.68. The standard InChI is InChI=1S/C13H13FN2O/c1-9(10-2-4-11(14)5-3-10)16-12(17)13(8-15)6-7-13/h2-5,9H,6-7H2,1H3,(H,16,17)/t9-/m1/s1. The lowest BCUT2D eigenvalue weighted by atomic mass is 10.1. The molecule has 0 aromatic heterocycles. The first-order valence-corrected chi connectivity index (χ1v) is 5.55. The van der Waals surface area contributed by atoms with E-state index < -0.39 is 5.41 Å². The summed E-state index contributed by atoms with van der Waals surface area (Å²) in [5.41, 5.74) is 0.0161. The molecule has 1 N–H and O–H groups in total. The molecule has 88 valence electrons. The first kappa shape index (κ1) is 11.6. The van der Waals surface area contributed by atoms with Gasteiger partial charge >= 0.3 is 0 Å². The number of hydrogen-bond acceptors (Lipinski definition) is 2. The molecule has 1 saturated carbocycles. The van der Waals surface area contributed by atoms with Gasteiger partial charge in [-0.05, 0) is 37.5 Å². The molecule has 3 nitrogen and oxygen atoms in total. The highest BCUT2D eigenvalue weighted by atomic mass is 19.1. The number of carbonyl (C=O) groups excluding carboxylic acids is 1. The summed E-state index contributed by atoms with van der Waals surface area (Å²) < 4.78 is 12.7. The number of rotatable bonds is 3. The second kappa shape index (κ2) is 4.17. The lowest BCUT2D eigenvalue weighted by Gasteiger charge is -2.16. The summed E-state index contributed by atoms with van der Waals surface area (Å²) in [6, 6.07) is 7.81. The van der Waals surface area contributed by atoms with Gasteiger partial charge in [-0.1, -0.05) is 12.1 Å². The van der Waals surface area contributed by atoms with Crippen molar-refractivity contribution in [2.75, 3.05) is 0 Å². The van der Waals surface area contributed by atoms with Gasteiger partial charge in [0.25, 0.3) is 0 Å². The van der Waals surface area contributed by atoms with E-state index in [0.29, 0.717) is 12.8 Å². The van der Waals surface area contributed by atoms with Crippen LogP contribution in [0.5, 0.6) is 0 Å². The van der Waals surface area contributed by atoms with Crippen LogP contribution in [0.25, 0.3) is 0 Å². The molecule has 1 amide bonds. The first-order chi connectivity index (χ1) is 8.07. The minimum absolute atomic E-state index is 0.214. The van der Waals surface area contributed by atoms with Crippen LogP contribution in [-0.2, 0) is 4.79 Å². The predicted molar refractivity (Wildman–Crippen MR) is 60.2 cm³/mol. The summed E-state index contributed by atoms with van der Waals surface area (Å²) in [6.45, 7) is 1.82. The number of nitriles is 1. The molecule has 1 aliphatic carbocycles. The maximum absolute atomic E-state index is 12.7. The molecular formula is C13H13FN2O. The topological polar surface area (TPSA) is 52.9 Å². The van der Waals surface area contributed by atoms with Crippen molar-refractivity contribution in [3.05, 3.63) is 35.6 Å². The van der Waals surface area contributed by atoms with E-state index in [1.54, 1.807) is 12.1 Å². The van der Waals surface area contributed by atoms with Gasteiger partial charge in [0.2, 0.25) is 5.91 Å². The second-order valence-corrected chi connectivity index (χ2v) is 4.44. The number of carbonyl (C=O) groups is 1. The summed E-state index contributed by atoms with van der Waals surface area (Å²) in [5.74, 6) is -0.528. The molecule has 1 aliphatic rings. The van der Waals surface area contributed by atoms with Crippen LogP contribution in [0.3, 0.4) is 0 Å². The molecule has 1 atom stereocenters. The Morgan fingerprint density at radius 3 is 2.53 bits per heavy atom. The number of nitrogens with zero attached hydrogens (tertiary/aromatic N) is 1. The van der Waals surface area contributed by atoms with Crippen molar-refractivity contribution in [2.24, 2.45) is 5.41 Å². The van der Waals surface area contributed by atoms with Crippen molar-refractivity contribution in [1.82, 2.24) is 5.32 Å². The first-order valence-electron chi connectivity index (χ1n) is 5.55. The highest BCUT2D eigenvalue weighted by molar-refractivity contribution is 5.88. The van der Waals surface area contributed by atoms with Crippen LogP contribution in [0.15, 0.2) is 24.3 Å². The normalized spacial score (nSPS) is 17.9. The van der Waals surface area contributed by atoms with Gasteiger partial charge < -0.3 is 5.32 Å². The third kappa shape index (κ3) is 2.28. The molecule has 0 spiro atoms. The highest BCUT2D eigenvalue weighted by Gasteiger charge is 2.50. The van der Waals surface area contributed by atoms with E-state index in [9.17, 15) is 9.18 Å². The van der Waals surface area contributed by atoms with Crippen molar-refractivity contribution in [2.45, 2.75) is 25.8 Å². The number of amides is 1.